The number of benzene rings is 2. The topological polar surface area (TPSA) is 86.2 Å². The molecule has 0 saturated heterocycles. The zero-order valence-corrected chi connectivity index (χ0v) is 21.4. The van der Waals surface area contributed by atoms with Gasteiger partial charge in [0, 0.05) is 25.4 Å². The summed E-state index contributed by atoms with van der Waals surface area (Å²) in [6.45, 7) is 4.16. The minimum Gasteiger partial charge on any atom is -0.460 e. The number of alkyl halides is 3. The molecule has 38 heavy (non-hydrogen) atoms. The molecule has 0 unspecified atom stereocenters. The highest BCUT2D eigenvalue weighted by atomic mass is 19.4. The van der Waals surface area contributed by atoms with Crippen LogP contribution in [0.1, 0.15) is 60.7 Å². The number of halogens is 3. The molecule has 0 amide bonds. The number of hydrogen-bond acceptors (Lipinski definition) is 7. The number of carbonyl (C=O) groups is 1. The number of nitrogens with zero attached hydrogens (tertiary/aromatic N) is 3. The second-order valence-electron chi connectivity index (χ2n) is 9.61. The number of Topliss-reactive ketones (excluding diaryl/α,β-unsaturated/α-hetero) is 1. The van der Waals surface area contributed by atoms with Crippen molar-refractivity contribution >= 4 is 5.78 Å². The second-order valence-corrected chi connectivity index (χ2v) is 9.61. The molecule has 1 heterocycles. The van der Waals surface area contributed by atoms with Gasteiger partial charge in [0.25, 0.3) is 0 Å². The van der Waals surface area contributed by atoms with Gasteiger partial charge in [0.1, 0.15) is 29.8 Å². The van der Waals surface area contributed by atoms with Crippen LogP contribution in [0.25, 0.3) is 0 Å². The predicted molar refractivity (Wildman–Crippen MR) is 135 cm³/mol. The largest absolute Gasteiger partial charge is 0.573 e. The van der Waals surface area contributed by atoms with Crippen LogP contribution in [0.2, 0.25) is 0 Å². The number of aromatic nitrogens is 3. The van der Waals surface area contributed by atoms with E-state index >= 15 is 0 Å². The Bertz CT molecular complexity index is 1230. The summed E-state index contributed by atoms with van der Waals surface area (Å²) in [5.74, 6) is 0.511. The van der Waals surface area contributed by atoms with Crippen LogP contribution >= 0.6 is 0 Å². The van der Waals surface area contributed by atoms with E-state index in [1.807, 2.05) is 25.1 Å². The highest BCUT2D eigenvalue weighted by molar-refractivity contribution is 5.78. The Morgan fingerprint density at radius 2 is 1.74 bits per heavy atom. The molecule has 0 bridgehead atoms. The summed E-state index contributed by atoms with van der Waals surface area (Å²) in [5.41, 5.74) is 4.04. The molecule has 1 saturated carbocycles. The van der Waals surface area contributed by atoms with Crippen LogP contribution in [-0.4, -0.2) is 39.2 Å². The monoisotopic (exact) mass is 528 g/mol. The summed E-state index contributed by atoms with van der Waals surface area (Å²) in [6, 6.07) is 12.4. The third-order valence-electron chi connectivity index (χ3n) is 6.64. The lowest BCUT2D eigenvalue weighted by Gasteiger charge is -2.29. The van der Waals surface area contributed by atoms with Crippen LogP contribution in [0.4, 0.5) is 13.2 Å². The molecule has 0 spiro atoms. The zero-order chi connectivity index (χ0) is 27.1. The van der Waals surface area contributed by atoms with Crippen molar-refractivity contribution in [3.05, 3.63) is 76.9 Å². The fourth-order valence-corrected chi connectivity index (χ4v) is 4.62. The molecule has 0 atom stereocenters. The Balaban J connectivity index is 1.25. The predicted octanol–water partition coefficient (Wildman–Crippen LogP) is 5.28. The van der Waals surface area contributed by atoms with Crippen LogP contribution in [0, 0.1) is 6.92 Å². The van der Waals surface area contributed by atoms with E-state index in [9.17, 15) is 18.0 Å². The average molecular weight is 529 g/mol. The van der Waals surface area contributed by atoms with Gasteiger partial charge >= 0.3 is 12.4 Å². The van der Waals surface area contributed by atoms with Crippen LogP contribution in [0.5, 0.6) is 11.8 Å². The fourth-order valence-electron chi connectivity index (χ4n) is 4.62. The Morgan fingerprint density at radius 1 is 1.03 bits per heavy atom. The summed E-state index contributed by atoms with van der Waals surface area (Å²) in [7, 11) is 0. The maximum Gasteiger partial charge on any atom is 0.573 e. The van der Waals surface area contributed by atoms with Gasteiger partial charge in [0.2, 0.25) is 0 Å². The van der Waals surface area contributed by atoms with Crippen molar-refractivity contribution in [1.29, 1.82) is 0 Å². The highest BCUT2D eigenvalue weighted by Crippen LogP contribution is 2.25. The quantitative estimate of drug-likeness (QED) is 0.383. The van der Waals surface area contributed by atoms with E-state index in [1.165, 1.54) is 18.5 Å². The van der Waals surface area contributed by atoms with Gasteiger partial charge < -0.3 is 14.8 Å². The Labute approximate surface area is 219 Å². The van der Waals surface area contributed by atoms with E-state index in [-0.39, 0.29) is 17.6 Å². The average Bonchev–Trinajstić information content (AvgIpc) is 2.86. The zero-order valence-electron chi connectivity index (χ0n) is 21.4. The lowest BCUT2D eigenvalue weighted by Crippen LogP contribution is -2.36. The smallest absolute Gasteiger partial charge is 0.460 e. The molecule has 202 valence electrons. The molecule has 0 aliphatic heterocycles. The first-order valence-corrected chi connectivity index (χ1v) is 12.6. The molecule has 1 aliphatic carbocycles. The Hall–Kier alpha value is -3.53. The molecular formula is C28H31F3N4O3. The summed E-state index contributed by atoms with van der Waals surface area (Å²) in [5, 5.41) is 3.47. The van der Waals surface area contributed by atoms with E-state index in [4.69, 9.17) is 4.74 Å². The molecule has 10 heteroatoms. The van der Waals surface area contributed by atoms with Crippen LogP contribution in [0.15, 0.2) is 48.8 Å². The van der Waals surface area contributed by atoms with Crippen LogP contribution < -0.4 is 14.8 Å². The fraction of sp³-hybridized carbons (Fsp3) is 0.429. The van der Waals surface area contributed by atoms with Crippen molar-refractivity contribution in [2.24, 2.45) is 0 Å². The molecule has 7 nitrogen and oxygen atoms in total. The standard InChI is InChI=1S/C28H31F3N4O3/c1-18(36)14-21-4-3-5-22(19(21)2)15-26-33-17-34-27(35-26)37-24-12-8-23(9-13-24)32-16-20-6-10-25(11-7-20)38-28(29,30)31/h3-7,10-11,17,23-24,32H,8-9,12-16H2,1-2H3. The normalized spacial score (nSPS) is 17.7. The highest BCUT2D eigenvalue weighted by Gasteiger charge is 2.31. The maximum absolute atomic E-state index is 12.3. The summed E-state index contributed by atoms with van der Waals surface area (Å²) in [6.07, 6.45) is 1.19. The number of carbonyl (C=O) groups excluding carboxylic acids is 1. The molecule has 0 radical (unpaired) electrons. The maximum atomic E-state index is 12.3. The van der Waals surface area contributed by atoms with Crippen molar-refractivity contribution in [3.8, 4) is 11.8 Å². The second kappa shape index (κ2) is 12.3. The third kappa shape index (κ3) is 8.24. The van der Waals surface area contributed by atoms with Crippen LogP contribution in [-0.2, 0) is 24.2 Å². The number of ether oxygens (including phenoxy) is 2. The minimum absolute atomic E-state index is 0.00253. The number of nitrogens with one attached hydrogen (secondary N) is 1. The van der Waals surface area contributed by atoms with Crippen LogP contribution in [0.3, 0.4) is 0 Å². The van der Waals surface area contributed by atoms with Crippen molar-refractivity contribution in [1.82, 2.24) is 20.3 Å². The van der Waals surface area contributed by atoms with Crippen molar-refractivity contribution in [3.63, 3.8) is 0 Å². The minimum atomic E-state index is -4.69. The van der Waals surface area contributed by atoms with Crippen molar-refractivity contribution < 1.29 is 27.4 Å². The Kier molecular flexibility index (Phi) is 8.93. The molecule has 3 aromatic rings. The van der Waals surface area contributed by atoms with Crippen molar-refractivity contribution in [2.45, 2.75) is 77.4 Å². The first-order chi connectivity index (χ1) is 18.1. The molecule has 1 N–H and O–H groups in total. The van der Waals surface area contributed by atoms with Gasteiger partial charge in [-0.05, 0) is 73.9 Å². The van der Waals surface area contributed by atoms with Gasteiger partial charge in [-0.25, -0.2) is 4.98 Å². The first kappa shape index (κ1) is 27.5. The van der Waals surface area contributed by atoms with Gasteiger partial charge in [0.05, 0.1) is 0 Å². The third-order valence-corrected chi connectivity index (χ3v) is 6.64. The summed E-state index contributed by atoms with van der Waals surface area (Å²) >= 11 is 0. The van der Waals surface area contributed by atoms with Crippen molar-refractivity contribution in [2.75, 3.05) is 0 Å². The number of hydrogen-bond donors (Lipinski definition) is 1. The molecular weight excluding hydrogens is 497 g/mol. The molecule has 4 rings (SSSR count). The summed E-state index contributed by atoms with van der Waals surface area (Å²) < 4.78 is 46.9. The molecule has 1 aliphatic rings. The summed E-state index contributed by atoms with van der Waals surface area (Å²) in [4.78, 5) is 24.6. The van der Waals surface area contributed by atoms with E-state index in [1.54, 1.807) is 19.1 Å². The number of rotatable bonds is 10. The Morgan fingerprint density at radius 3 is 2.42 bits per heavy atom. The SMILES string of the molecule is CC(=O)Cc1cccc(Cc2ncnc(OC3CCC(NCc4ccc(OC(F)(F)F)cc4)CC3)n2)c1C. The van der Waals surface area contributed by atoms with Gasteiger partial charge in [-0.1, -0.05) is 30.3 Å². The number of ketones is 1. The first-order valence-electron chi connectivity index (χ1n) is 12.6. The van der Waals surface area contributed by atoms with Gasteiger partial charge in [-0.15, -0.1) is 13.2 Å². The van der Waals surface area contributed by atoms with E-state index in [0.29, 0.717) is 37.3 Å². The van der Waals surface area contributed by atoms with E-state index < -0.39 is 6.36 Å². The lowest BCUT2D eigenvalue weighted by molar-refractivity contribution is -0.274. The molecule has 1 aromatic heterocycles. The molecule has 1 fully saturated rings. The van der Waals surface area contributed by atoms with Gasteiger partial charge in [-0.2, -0.15) is 9.97 Å². The lowest BCUT2D eigenvalue weighted by atomic mass is 9.93. The van der Waals surface area contributed by atoms with Gasteiger partial charge in [-0.3, -0.25) is 4.79 Å². The van der Waals surface area contributed by atoms with E-state index in [0.717, 1.165) is 47.9 Å². The molecule has 2 aromatic carbocycles. The van der Waals surface area contributed by atoms with E-state index in [2.05, 4.69) is 25.0 Å². The van der Waals surface area contributed by atoms with Gasteiger partial charge in [0.15, 0.2) is 0 Å².